The molecule has 0 aromatic heterocycles. The zero-order chi connectivity index (χ0) is 16.3. The fourth-order valence-corrected chi connectivity index (χ4v) is 4.00. The van der Waals surface area contributed by atoms with Gasteiger partial charge in [0, 0.05) is 25.2 Å². The number of benzene rings is 1. The molecule has 1 saturated heterocycles. The van der Waals surface area contributed by atoms with Crippen LogP contribution in [-0.2, 0) is 10.0 Å². The first-order valence-electron chi connectivity index (χ1n) is 6.90. The molecule has 1 aromatic rings. The molecule has 0 amide bonds. The number of rotatable bonds is 5. The lowest BCUT2D eigenvalue weighted by atomic mass is 10.1. The van der Waals surface area contributed by atoms with Crippen LogP contribution in [0.4, 0.5) is 5.69 Å². The molecule has 0 aliphatic carbocycles. The van der Waals surface area contributed by atoms with Crippen LogP contribution in [0.1, 0.15) is 12.8 Å². The molecule has 8 nitrogen and oxygen atoms in total. The number of piperidine rings is 1. The van der Waals surface area contributed by atoms with Gasteiger partial charge in [-0.3, -0.25) is 10.1 Å². The van der Waals surface area contributed by atoms with E-state index in [2.05, 4.69) is 5.32 Å². The van der Waals surface area contributed by atoms with E-state index in [1.165, 1.54) is 23.5 Å². The second-order valence-electron chi connectivity index (χ2n) is 5.06. The lowest BCUT2D eigenvalue weighted by Crippen LogP contribution is -2.43. The Hall–Kier alpha value is -1.71. The predicted octanol–water partition coefficient (Wildman–Crippen LogP) is 0.976. The summed E-state index contributed by atoms with van der Waals surface area (Å²) in [5.41, 5.74) is -0.353. The third-order valence-electron chi connectivity index (χ3n) is 3.85. The van der Waals surface area contributed by atoms with Crippen LogP contribution >= 0.6 is 0 Å². The fourth-order valence-electron chi connectivity index (χ4n) is 2.51. The number of hydrogen-bond donors (Lipinski definition) is 1. The zero-order valence-electron chi connectivity index (χ0n) is 12.5. The highest BCUT2D eigenvalue weighted by Crippen LogP contribution is 2.31. The fraction of sp³-hybridized carbons (Fsp3) is 0.538. The third kappa shape index (κ3) is 3.21. The highest BCUT2D eigenvalue weighted by atomic mass is 32.2. The molecular formula is C13H19N3O5S. The van der Waals surface area contributed by atoms with Gasteiger partial charge in [0.25, 0.3) is 0 Å². The summed E-state index contributed by atoms with van der Waals surface area (Å²) in [5, 5.41) is 14.2. The Morgan fingerprint density at radius 3 is 2.50 bits per heavy atom. The van der Waals surface area contributed by atoms with Crippen molar-refractivity contribution in [1.82, 2.24) is 9.62 Å². The maximum absolute atomic E-state index is 12.6. The van der Waals surface area contributed by atoms with Crippen molar-refractivity contribution in [3.8, 4) is 5.75 Å². The molecule has 0 bridgehead atoms. The Kier molecular flexibility index (Phi) is 4.99. The quantitative estimate of drug-likeness (QED) is 0.638. The summed E-state index contributed by atoms with van der Waals surface area (Å²) in [7, 11) is -0.576. The van der Waals surface area contributed by atoms with Gasteiger partial charge in [-0.1, -0.05) is 0 Å². The maximum Gasteiger partial charge on any atom is 0.312 e. The van der Waals surface area contributed by atoms with Crippen molar-refractivity contribution in [3.05, 3.63) is 28.3 Å². The van der Waals surface area contributed by atoms with Gasteiger partial charge in [0.15, 0.2) is 5.75 Å². The van der Waals surface area contributed by atoms with Gasteiger partial charge in [0.1, 0.15) is 0 Å². The number of nitrogens with one attached hydrogen (secondary N) is 1. The van der Waals surface area contributed by atoms with Crippen LogP contribution in [0.3, 0.4) is 0 Å². The van der Waals surface area contributed by atoms with Gasteiger partial charge in [-0.05, 0) is 32.0 Å². The number of methoxy groups -OCH3 is 1. The van der Waals surface area contributed by atoms with Gasteiger partial charge >= 0.3 is 5.69 Å². The molecule has 1 aliphatic heterocycles. The largest absolute Gasteiger partial charge is 0.490 e. The van der Waals surface area contributed by atoms with Crippen molar-refractivity contribution >= 4 is 15.7 Å². The molecule has 1 fully saturated rings. The number of sulfonamides is 1. The molecule has 0 radical (unpaired) electrons. The van der Waals surface area contributed by atoms with Crippen molar-refractivity contribution < 1.29 is 18.1 Å². The van der Waals surface area contributed by atoms with Crippen LogP contribution < -0.4 is 10.1 Å². The Bertz CT molecular complexity index is 654. The Labute approximate surface area is 129 Å². The first-order chi connectivity index (χ1) is 10.4. The first kappa shape index (κ1) is 16.7. The molecule has 1 heterocycles. The zero-order valence-corrected chi connectivity index (χ0v) is 13.3. The van der Waals surface area contributed by atoms with Gasteiger partial charge in [-0.25, -0.2) is 8.42 Å². The monoisotopic (exact) mass is 329 g/mol. The summed E-state index contributed by atoms with van der Waals surface area (Å²) < 4.78 is 31.5. The molecule has 0 saturated carbocycles. The summed E-state index contributed by atoms with van der Waals surface area (Å²) in [6.45, 7) is 0.793. The van der Waals surface area contributed by atoms with Crippen LogP contribution in [-0.4, -0.2) is 50.9 Å². The van der Waals surface area contributed by atoms with Crippen molar-refractivity contribution in [1.29, 1.82) is 0 Å². The second-order valence-corrected chi connectivity index (χ2v) is 7.00. The Balaban J connectivity index is 2.30. The van der Waals surface area contributed by atoms with Crippen LogP contribution in [0.25, 0.3) is 0 Å². The average molecular weight is 329 g/mol. The molecule has 9 heteroatoms. The summed E-state index contributed by atoms with van der Waals surface area (Å²) >= 11 is 0. The molecule has 0 unspecified atom stereocenters. The molecule has 1 aliphatic rings. The molecule has 2 rings (SSSR count). The van der Waals surface area contributed by atoms with Crippen molar-refractivity contribution in [2.45, 2.75) is 23.8 Å². The molecule has 1 aromatic carbocycles. The lowest BCUT2D eigenvalue weighted by Gasteiger charge is -2.30. The van der Waals surface area contributed by atoms with E-state index in [4.69, 9.17) is 4.74 Å². The van der Waals surface area contributed by atoms with Gasteiger partial charge in [0.2, 0.25) is 10.0 Å². The van der Waals surface area contributed by atoms with Crippen LogP contribution in [0.5, 0.6) is 5.75 Å². The van der Waals surface area contributed by atoms with Crippen LogP contribution in [0.2, 0.25) is 0 Å². The van der Waals surface area contributed by atoms with E-state index in [9.17, 15) is 18.5 Å². The molecular weight excluding hydrogens is 310 g/mol. The number of nitro benzene ring substituents is 1. The van der Waals surface area contributed by atoms with Crippen molar-refractivity contribution in [3.63, 3.8) is 0 Å². The average Bonchev–Trinajstić information content (AvgIpc) is 2.54. The van der Waals surface area contributed by atoms with E-state index in [0.717, 1.165) is 6.07 Å². The van der Waals surface area contributed by atoms with E-state index >= 15 is 0 Å². The SMILES string of the molecule is CNC1CCN(S(=O)(=O)c2ccc(OC)c([N+](=O)[O-])c2)CC1. The Morgan fingerprint density at radius 2 is 2.00 bits per heavy atom. The summed E-state index contributed by atoms with van der Waals surface area (Å²) in [6, 6.07) is 4.01. The normalized spacial score (nSPS) is 17.4. The molecule has 1 N–H and O–H groups in total. The van der Waals surface area contributed by atoms with E-state index in [-0.39, 0.29) is 16.3 Å². The van der Waals surface area contributed by atoms with E-state index in [1.54, 1.807) is 0 Å². The van der Waals surface area contributed by atoms with Gasteiger partial charge in [-0.2, -0.15) is 4.31 Å². The molecule has 0 atom stereocenters. The van der Waals surface area contributed by atoms with Gasteiger partial charge in [-0.15, -0.1) is 0 Å². The third-order valence-corrected chi connectivity index (χ3v) is 5.74. The minimum atomic E-state index is -3.73. The highest BCUT2D eigenvalue weighted by Gasteiger charge is 2.30. The highest BCUT2D eigenvalue weighted by molar-refractivity contribution is 7.89. The van der Waals surface area contributed by atoms with Crippen molar-refractivity contribution in [2.75, 3.05) is 27.2 Å². The second kappa shape index (κ2) is 6.59. The summed E-state index contributed by atoms with van der Waals surface area (Å²) in [5.74, 6) is 0.0397. The van der Waals surface area contributed by atoms with Gasteiger partial charge in [0.05, 0.1) is 16.9 Å². The minimum absolute atomic E-state index is 0.0397. The summed E-state index contributed by atoms with van der Waals surface area (Å²) in [6.07, 6.45) is 1.43. The minimum Gasteiger partial charge on any atom is -0.490 e. The topological polar surface area (TPSA) is 102 Å². The number of hydrogen-bond acceptors (Lipinski definition) is 6. The van der Waals surface area contributed by atoms with Gasteiger partial charge < -0.3 is 10.1 Å². The van der Waals surface area contributed by atoms with E-state index < -0.39 is 14.9 Å². The smallest absolute Gasteiger partial charge is 0.312 e. The van der Waals surface area contributed by atoms with Crippen LogP contribution in [0.15, 0.2) is 23.1 Å². The molecule has 122 valence electrons. The molecule has 22 heavy (non-hydrogen) atoms. The number of ether oxygens (including phenoxy) is 1. The maximum atomic E-state index is 12.6. The van der Waals surface area contributed by atoms with E-state index in [1.807, 2.05) is 7.05 Å². The number of nitrogens with zero attached hydrogens (tertiary/aromatic N) is 2. The number of nitro groups is 1. The summed E-state index contributed by atoms with van der Waals surface area (Å²) in [4.78, 5) is 10.3. The Morgan fingerprint density at radius 1 is 1.36 bits per heavy atom. The molecule has 0 spiro atoms. The van der Waals surface area contributed by atoms with E-state index in [0.29, 0.717) is 32.0 Å². The standard InChI is InChI=1S/C13H19N3O5S/c1-14-10-5-7-15(8-6-10)22(19,20)11-3-4-13(21-2)12(9-11)16(17)18/h3-4,9-10,14H,5-8H2,1-2H3. The van der Waals surface area contributed by atoms with Crippen molar-refractivity contribution in [2.24, 2.45) is 0 Å². The van der Waals surface area contributed by atoms with Crippen LogP contribution in [0, 0.1) is 10.1 Å². The predicted molar refractivity (Wildman–Crippen MR) is 80.5 cm³/mol. The first-order valence-corrected chi connectivity index (χ1v) is 8.34. The lowest BCUT2D eigenvalue weighted by molar-refractivity contribution is -0.386.